The van der Waals surface area contributed by atoms with Gasteiger partial charge < -0.3 is 23.9 Å². The SMILES string of the molecule is CCOC(=O)c1ccc(Oc2ncccc2CNCc2ccc(Oc3ccc(-c4ncco4)cc3)cc2)cc1. The lowest BCUT2D eigenvalue weighted by atomic mass is 10.2. The summed E-state index contributed by atoms with van der Waals surface area (Å²) in [7, 11) is 0. The van der Waals surface area contributed by atoms with E-state index in [1.165, 1.54) is 0 Å². The molecule has 2 aromatic heterocycles. The summed E-state index contributed by atoms with van der Waals surface area (Å²) in [4.78, 5) is 20.4. The molecule has 5 rings (SSSR count). The first kappa shape index (κ1) is 25.7. The molecule has 196 valence electrons. The first-order valence-electron chi connectivity index (χ1n) is 12.5. The molecule has 39 heavy (non-hydrogen) atoms. The number of esters is 1. The Morgan fingerprint density at radius 2 is 1.49 bits per heavy atom. The molecule has 0 unspecified atom stereocenters. The summed E-state index contributed by atoms with van der Waals surface area (Å²) < 4.78 is 22.3. The fourth-order valence-corrected chi connectivity index (χ4v) is 3.82. The highest BCUT2D eigenvalue weighted by Crippen LogP contribution is 2.26. The van der Waals surface area contributed by atoms with Crippen LogP contribution in [0.15, 0.2) is 108 Å². The number of oxazole rings is 1. The highest BCUT2D eigenvalue weighted by molar-refractivity contribution is 5.89. The van der Waals surface area contributed by atoms with Crippen molar-refractivity contribution in [1.82, 2.24) is 15.3 Å². The third-order valence-corrected chi connectivity index (χ3v) is 5.77. The average molecular weight is 522 g/mol. The van der Waals surface area contributed by atoms with E-state index in [0.717, 1.165) is 28.2 Å². The van der Waals surface area contributed by atoms with Gasteiger partial charge >= 0.3 is 5.97 Å². The number of hydrogen-bond donors (Lipinski definition) is 1. The van der Waals surface area contributed by atoms with E-state index in [1.54, 1.807) is 49.8 Å². The summed E-state index contributed by atoms with van der Waals surface area (Å²) >= 11 is 0. The molecule has 0 aliphatic heterocycles. The second-order valence-electron chi connectivity index (χ2n) is 8.53. The predicted molar refractivity (Wildman–Crippen MR) is 146 cm³/mol. The summed E-state index contributed by atoms with van der Waals surface area (Å²) in [5.41, 5.74) is 3.40. The zero-order valence-corrected chi connectivity index (χ0v) is 21.4. The highest BCUT2D eigenvalue weighted by atomic mass is 16.5. The molecule has 2 heterocycles. The first-order valence-corrected chi connectivity index (χ1v) is 12.5. The minimum atomic E-state index is -0.357. The van der Waals surface area contributed by atoms with E-state index in [9.17, 15) is 4.79 Å². The van der Waals surface area contributed by atoms with Gasteiger partial charge in [-0.2, -0.15) is 0 Å². The van der Waals surface area contributed by atoms with Crippen molar-refractivity contribution in [3.63, 3.8) is 0 Å². The molecular weight excluding hydrogens is 494 g/mol. The van der Waals surface area contributed by atoms with Gasteiger partial charge in [-0.1, -0.05) is 18.2 Å². The molecule has 0 aliphatic carbocycles. The number of aromatic nitrogens is 2. The van der Waals surface area contributed by atoms with Crippen molar-refractivity contribution < 1.29 is 23.4 Å². The summed E-state index contributed by atoms with van der Waals surface area (Å²) in [6, 6.07) is 26.2. The van der Waals surface area contributed by atoms with Gasteiger partial charge in [0.25, 0.3) is 0 Å². The Morgan fingerprint density at radius 3 is 2.18 bits per heavy atom. The first-order chi connectivity index (χ1) is 19.2. The largest absolute Gasteiger partial charge is 0.462 e. The predicted octanol–water partition coefficient (Wildman–Crippen LogP) is 6.79. The number of nitrogens with zero attached hydrogens (tertiary/aromatic N) is 2. The quantitative estimate of drug-likeness (QED) is 0.190. The highest BCUT2D eigenvalue weighted by Gasteiger charge is 2.09. The molecule has 1 N–H and O–H groups in total. The fourth-order valence-electron chi connectivity index (χ4n) is 3.82. The Balaban J connectivity index is 1.13. The molecule has 0 radical (unpaired) electrons. The van der Waals surface area contributed by atoms with E-state index in [4.69, 9.17) is 18.6 Å². The van der Waals surface area contributed by atoms with Crippen LogP contribution in [0.25, 0.3) is 11.5 Å². The van der Waals surface area contributed by atoms with Crippen molar-refractivity contribution in [3.05, 3.63) is 120 Å². The van der Waals surface area contributed by atoms with Gasteiger partial charge in [-0.3, -0.25) is 0 Å². The van der Waals surface area contributed by atoms with Crippen molar-refractivity contribution >= 4 is 5.97 Å². The molecule has 5 aromatic rings. The smallest absolute Gasteiger partial charge is 0.338 e. The van der Waals surface area contributed by atoms with Gasteiger partial charge in [-0.25, -0.2) is 14.8 Å². The van der Waals surface area contributed by atoms with Gasteiger partial charge in [-0.15, -0.1) is 0 Å². The lowest BCUT2D eigenvalue weighted by Gasteiger charge is -2.12. The van der Waals surface area contributed by atoms with Gasteiger partial charge in [0.2, 0.25) is 11.8 Å². The minimum absolute atomic E-state index is 0.333. The second-order valence-corrected chi connectivity index (χ2v) is 8.53. The van der Waals surface area contributed by atoms with Crippen LogP contribution in [0, 0.1) is 0 Å². The summed E-state index contributed by atoms with van der Waals surface area (Å²) in [6.07, 6.45) is 4.86. The van der Waals surface area contributed by atoms with Gasteiger partial charge in [0.15, 0.2) is 0 Å². The Morgan fingerprint density at radius 1 is 0.795 bits per heavy atom. The fraction of sp³-hybridized carbons (Fsp3) is 0.129. The van der Waals surface area contributed by atoms with E-state index in [2.05, 4.69) is 15.3 Å². The molecule has 0 aliphatic rings. The van der Waals surface area contributed by atoms with E-state index < -0.39 is 0 Å². The number of ether oxygens (including phenoxy) is 3. The molecule has 0 amide bonds. The zero-order chi connectivity index (χ0) is 26.9. The van der Waals surface area contributed by atoms with Crippen LogP contribution in [0.3, 0.4) is 0 Å². The van der Waals surface area contributed by atoms with Crippen LogP contribution in [-0.2, 0) is 17.8 Å². The van der Waals surface area contributed by atoms with Crippen LogP contribution in [0.2, 0.25) is 0 Å². The average Bonchev–Trinajstić information content (AvgIpc) is 3.51. The van der Waals surface area contributed by atoms with Crippen molar-refractivity contribution in [3.8, 4) is 34.6 Å². The maximum atomic E-state index is 11.9. The third-order valence-electron chi connectivity index (χ3n) is 5.77. The van der Waals surface area contributed by atoms with Crippen LogP contribution in [0.5, 0.6) is 23.1 Å². The summed E-state index contributed by atoms with van der Waals surface area (Å²) in [6.45, 7) is 3.34. The van der Waals surface area contributed by atoms with Gasteiger partial charge in [0.05, 0.1) is 18.4 Å². The summed E-state index contributed by atoms with van der Waals surface area (Å²) in [5.74, 6) is 2.80. The lowest BCUT2D eigenvalue weighted by molar-refractivity contribution is 0.0526. The lowest BCUT2D eigenvalue weighted by Crippen LogP contribution is -2.13. The number of rotatable bonds is 11. The number of carbonyl (C=O) groups is 1. The number of pyridine rings is 1. The van der Waals surface area contributed by atoms with Crippen LogP contribution in [0.1, 0.15) is 28.4 Å². The number of benzene rings is 3. The van der Waals surface area contributed by atoms with E-state index in [-0.39, 0.29) is 5.97 Å². The third kappa shape index (κ3) is 6.88. The number of nitrogens with one attached hydrogen (secondary N) is 1. The normalized spacial score (nSPS) is 10.7. The van der Waals surface area contributed by atoms with Crippen LogP contribution in [0.4, 0.5) is 0 Å². The molecule has 3 aromatic carbocycles. The molecule has 0 bridgehead atoms. The molecule has 0 fully saturated rings. The molecule has 0 saturated carbocycles. The van der Waals surface area contributed by atoms with Crippen molar-refractivity contribution in [1.29, 1.82) is 0 Å². The summed E-state index contributed by atoms with van der Waals surface area (Å²) in [5, 5.41) is 3.43. The van der Waals surface area contributed by atoms with E-state index >= 15 is 0 Å². The van der Waals surface area contributed by atoms with Gasteiger partial charge in [-0.05, 0) is 79.2 Å². The molecular formula is C31H27N3O5. The Labute approximate surface area is 226 Å². The molecule has 0 spiro atoms. The van der Waals surface area contributed by atoms with Crippen molar-refractivity contribution in [2.45, 2.75) is 20.0 Å². The Hall–Kier alpha value is -4.95. The Bertz CT molecular complexity index is 1480. The van der Waals surface area contributed by atoms with Crippen molar-refractivity contribution in [2.75, 3.05) is 6.61 Å². The molecule has 0 saturated heterocycles. The standard InChI is InChI=1S/C31H27N3O5/c1-2-36-31(35)24-9-15-28(16-10-24)39-30-25(4-3-17-33-30)21-32-20-22-5-11-26(12-6-22)38-27-13-7-23(8-14-27)29-34-18-19-37-29/h3-19,32H,2,20-21H2,1H3. The number of carbonyl (C=O) groups excluding carboxylic acids is 1. The van der Waals surface area contributed by atoms with Crippen LogP contribution < -0.4 is 14.8 Å². The van der Waals surface area contributed by atoms with Crippen molar-refractivity contribution in [2.24, 2.45) is 0 Å². The maximum Gasteiger partial charge on any atom is 0.338 e. The molecule has 8 nitrogen and oxygen atoms in total. The van der Waals surface area contributed by atoms with Crippen LogP contribution >= 0.6 is 0 Å². The topological polar surface area (TPSA) is 95.7 Å². The number of hydrogen-bond acceptors (Lipinski definition) is 8. The van der Waals surface area contributed by atoms with Crippen LogP contribution in [-0.4, -0.2) is 22.5 Å². The zero-order valence-electron chi connectivity index (χ0n) is 21.4. The minimum Gasteiger partial charge on any atom is -0.462 e. The van der Waals surface area contributed by atoms with E-state index in [0.29, 0.717) is 42.8 Å². The monoisotopic (exact) mass is 521 g/mol. The van der Waals surface area contributed by atoms with E-state index in [1.807, 2.05) is 60.7 Å². The second kappa shape index (κ2) is 12.5. The van der Waals surface area contributed by atoms with Gasteiger partial charge in [0.1, 0.15) is 23.5 Å². The van der Waals surface area contributed by atoms with Gasteiger partial charge in [0, 0.05) is 30.4 Å². The molecule has 8 heteroatoms. The maximum absolute atomic E-state index is 11.9. The Kier molecular flexibility index (Phi) is 8.25. The molecule has 0 atom stereocenters.